The second-order valence-corrected chi connectivity index (χ2v) is 17.4. The number of rotatable bonds is 6. The van der Waals surface area contributed by atoms with E-state index in [1.54, 1.807) is 0 Å². The van der Waals surface area contributed by atoms with E-state index in [1.165, 1.54) is 23.0 Å². The fraction of sp³-hybridized carbons (Fsp3) is 0.0741. The molecule has 162 valence electrons. The first-order valence-corrected chi connectivity index (χ1v) is 15.5. The van der Waals surface area contributed by atoms with Crippen LogP contribution in [0.3, 0.4) is 0 Å². The van der Waals surface area contributed by atoms with Gasteiger partial charge in [-0.25, -0.2) is 0 Å². The first-order chi connectivity index (χ1) is 15.5. The number of ether oxygens (including phenoxy) is 1. The fourth-order valence-corrected chi connectivity index (χ4v) is 12.6. The van der Waals surface area contributed by atoms with Gasteiger partial charge >= 0.3 is 206 Å². The molecular weight excluding hydrogens is 547 g/mol. The quantitative estimate of drug-likeness (QED) is 0.194. The van der Waals surface area contributed by atoms with Gasteiger partial charge in [-0.15, -0.1) is 0 Å². The first-order valence-electron chi connectivity index (χ1n) is 10.2. The monoisotopic (exact) mass is 568 g/mol. The van der Waals surface area contributed by atoms with Crippen molar-refractivity contribution in [3.63, 3.8) is 0 Å². The van der Waals surface area contributed by atoms with Gasteiger partial charge < -0.3 is 0 Å². The number of esters is 1. The van der Waals surface area contributed by atoms with Crippen LogP contribution in [0.15, 0.2) is 114 Å². The number of carbonyl (C=O) groups excluding carboxylic acids is 1. The predicted octanol–water partition coefficient (Wildman–Crippen LogP) is 6.58. The average Bonchev–Trinajstić information content (AvgIpc) is 2.86. The number of hydrogen-bond acceptors (Lipinski definition) is 2. The molecule has 5 heteroatoms. The first kappa shape index (κ1) is 22.9. The minimum absolute atomic E-state index is 0.345. The molecule has 4 rings (SSSR count). The summed E-state index contributed by atoms with van der Waals surface area (Å²) in [5, 5.41) is 0.648. The van der Waals surface area contributed by atoms with Crippen molar-refractivity contribution in [1.29, 1.82) is 0 Å². The molecule has 0 fully saturated rings. The molecule has 32 heavy (non-hydrogen) atoms. The summed E-state index contributed by atoms with van der Waals surface area (Å²) in [6, 6.07) is 37.7. The van der Waals surface area contributed by atoms with Gasteiger partial charge in [0.05, 0.1) is 0 Å². The molecule has 0 aliphatic carbocycles. The van der Waals surface area contributed by atoms with Crippen molar-refractivity contribution in [1.82, 2.24) is 0 Å². The molecule has 0 aromatic heterocycles. The number of methoxy groups -OCH3 is 1. The topological polar surface area (TPSA) is 26.3 Å². The van der Waals surface area contributed by atoms with Gasteiger partial charge in [-0.05, 0) is 0 Å². The summed E-state index contributed by atoms with van der Waals surface area (Å²) in [7, 11) is 1.40. The zero-order valence-corrected chi connectivity index (χ0v) is 21.7. The van der Waals surface area contributed by atoms with Gasteiger partial charge in [-0.2, -0.15) is 0 Å². The molecule has 0 amide bonds. The van der Waals surface area contributed by atoms with Crippen LogP contribution in [0.2, 0.25) is 0 Å². The van der Waals surface area contributed by atoms with Crippen molar-refractivity contribution in [2.45, 2.75) is 6.16 Å². The van der Waals surface area contributed by atoms with E-state index in [4.69, 9.17) is 4.74 Å². The van der Waals surface area contributed by atoms with E-state index >= 15 is 0 Å². The van der Waals surface area contributed by atoms with Crippen LogP contribution in [0.1, 0.15) is 15.9 Å². The molecule has 0 unspecified atom stereocenters. The summed E-state index contributed by atoms with van der Waals surface area (Å²) in [5.41, 5.74) is 1.64. The van der Waals surface area contributed by atoms with Gasteiger partial charge in [0, 0.05) is 0 Å². The summed E-state index contributed by atoms with van der Waals surface area (Å²) in [4.78, 5) is 12.0. The molecule has 0 saturated carbocycles. The zero-order chi connectivity index (χ0) is 22.6. The van der Waals surface area contributed by atoms with Crippen LogP contribution in [0, 0.1) is 0 Å². The maximum atomic E-state index is 12.0. The normalized spacial score (nSPS) is 12.5. The molecule has 4 aromatic carbocycles. The molecule has 0 bridgehead atoms. The van der Waals surface area contributed by atoms with Crippen molar-refractivity contribution in [3.8, 4) is 0 Å². The van der Waals surface area contributed by atoms with Gasteiger partial charge in [-0.3, -0.25) is 0 Å². The van der Waals surface area contributed by atoms with E-state index < -0.39 is 5.31 Å². The Morgan fingerprint density at radius 2 is 1.19 bits per heavy atom. The second-order valence-electron chi connectivity index (χ2n) is 7.65. The van der Waals surface area contributed by atoms with Crippen molar-refractivity contribution in [2.24, 2.45) is 0 Å². The third kappa shape index (κ3) is 3.96. The van der Waals surface area contributed by atoms with Gasteiger partial charge in [0.15, 0.2) is 0 Å². The number of carbonyl (C=O) groups is 1. The standard InChI is InChI=1S/C27H23Br2O2P/c1-31-27(30)21-17-18-22(26(28)19-21)20-32(29,23-11-5-2-6-12-23,24-13-7-3-8-14-24)25-15-9-4-10-16-25/h2-19H,20H2,1H3. The van der Waals surface area contributed by atoms with Crippen LogP contribution in [-0.2, 0) is 10.9 Å². The van der Waals surface area contributed by atoms with Gasteiger partial charge in [-0.1, -0.05) is 0 Å². The minimum atomic E-state index is -3.10. The van der Waals surface area contributed by atoms with Crippen LogP contribution in [0.25, 0.3) is 0 Å². The Bertz CT molecular complexity index is 1130. The van der Waals surface area contributed by atoms with E-state index in [-0.39, 0.29) is 5.97 Å². The second kappa shape index (κ2) is 9.31. The Hall–Kier alpha value is -2.26. The van der Waals surface area contributed by atoms with Crippen LogP contribution in [-0.4, -0.2) is 13.1 Å². The van der Waals surface area contributed by atoms with E-state index in [1.807, 2.05) is 18.2 Å². The molecular formula is C27H23Br2O2P. The maximum absolute atomic E-state index is 12.0. The summed E-state index contributed by atoms with van der Waals surface area (Å²) in [5.74, 6) is -0.345. The predicted molar refractivity (Wildman–Crippen MR) is 143 cm³/mol. The third-order valence-electron chi connectivity index (χ3n) is 5.83. The average molecular weight is 570 g/mol. The molecule has 0 aliphatic rings. The molecule has 0 saturated heterocycles. The van der Waals surface area contributed by atoms with Gasteiger partial charge in [0.25, 0.3) is 0 Å². The Morgan fingerprint density at radius 1 is 0.750 bits per heavy atom. The summed E-state index contributed by atoms with van der Waals surface area (Å²) >= 11 is 8.20. The SMILES string of the molecule is COC(=O)c1ccc(CP(Br)(c2ccccc2)(c2ccccc2)c2ccccc2)c(Br)c1. The molecule has 0 N–H and O–H groups in total. The van der Waals surface area contributed by atoms with E-state index in [9.17, 15) is 4.79 Å². The molecule has 0 radical (unpaired) electrons. The van der Waals surface area contributed by atoms with Gasteiger partial charge in [0.1, 0.15) is 0 Å². The molecule has 0 atom stereocenters. The third-order valence-corrected chi connectivity index (χ3v) is 16.1. The molecule has 2 nitrogen and oxygen atoms in total. The fourth-order valence-electron chi connectivity index (χ4n) is 4.18. The number of halogens is 2. The van der Waals surface area contributed by atoms with Crippen LogP contribution >= 0.6 is 36.7 Å². The molecule has 0 aliphatic heterocycles. The summed E-state index contributed by atoms with van der Waals surface area (Å²) in [6.07, 6.45) is 0.742. The molecule has 0 heterocycles. The molecule has 4 aromatic rings. The Morgan fingerprint density at radius 3 is 1.56 bits per heavy atom. The Balaban J connectivity index is 2.02. The van der Waals surface area contributed by atoms with E-state index in [2.05, 4.69) is 122 Å². The molecule has 0 spiro atoms. The van der Waals surface area contributed by atoms with E-state index in [0.717, 1.165) is 16.2 Å². The summed E-state index contributed by atoms with van der Waals surface area (Å²) < 4.78 is 5.78. The van der Waals surface area contributed by atoms with Crippen molar-refractivity contribution in [3.05, 3.63) is 125 Å². The van der Waals surface area contributed by atoms with Crippen LogP contribution in [0.5, 0.6) is 0 Å². The van der Waals surface area contributed by atoms with Crippen molar-refractivity contribution in [2.75, 3.05) is 7.11 Å². The Labute approximate surface area is 205 Å². The van der Waals surface area contributed by atoms with Crippen LogP contribution in [0.4, 0.5) is 0 Å². The van der Waals surface area contributed by atoms with Crippen LogP contribution < -0.4 is 15.9 Å². The summed E-state index contributed by atoms with van der Waals surface area (Å²) in [6.45, 7) is 0. The number of hydrogen-bond donors (Lipinski definition) is 0. The Kier molecular flexibility index (Phi) is 6.67. The van der Waals surface area contributed by atoms with Crippen molar-refractivity contribution >= 4 is 58.6 Å². The number of benzene rings is 4. The van der Waals surface area contributed by atoms with Crippen molar-refractivity contribution < 1.29 is 9.53 Å². The zero-order valence-electron chi connectivity index (χ0n) is 17.6. The van der Waals surface area contributed by atoms with E-state index in [0.29, 0.717) is 5.56 Å². The van der Waals surface area contributed by atoms with Gasteiger partial charge in [0.2, 0.25) is 0 Å².